The SMILES string of the molecule is CCOc1nn2c(c1S(=O)(=O)N1C[C@H](CCC(=O)OC)Oc3ccc(/C=C(\C)c4c(F)cccc4Cl)cc31)CCCC2. The average Bonchev–Trinajstić information content (AvgIpc) is 3.34. The fraction of sp³-hybridized carbons (Fsp3) is 0.400. The predicted molar refractivity (Wildman–Crippen MR) is 158 cm³/mol. The lowest BCUT2D eigenvalue weighted by atomic mass is 10.0. The third-order valence-electron chi connectivity index (χ3n) is 7.40. The van der Waals surface area contributed by atoms with Crippen molar-refractivity contribution in [2.75, 3.05) is 24.6 Å². The maximum absolute atomic E-state index is 14.6. The van der Waals surface area contributed by atoms with Crippen molar-refractivity contribution >= 4 is 44.9 Å². The molecule has 1 aromatic heterocycles. The molecular formula is C30H33ClFN3O6S. The van der Waals surface area contributed by atoms with Crippen LogP contribution in [0.1, 0.15) is 56.4 Å². The number of anilines is 1. The summed E-state index contributed by atoms with van der Waals surface area (Å²) in [6.07, 6.45) is 3.77. The molecule has 2 aromatic carbocycles. The van der Waals surface area contributed by atoms with Crippen LogP contribution in [0, 0.1) is 5.82 Å². The molecule has 0 saturated carbocycles. The molecule has 224 valence electrons. The number of halogens is 2. The van der Waals surface area contributed by atoms with Crippen LogP contribution in [-0.4, -0.2) is 50.5 Å². The Bertz CT molecular complexity index is 1620. The number of sulfonamides is 1. The van der Waals surface area contributed by atoms with E-state index in [-0.39, 0.29) is 47.4 Å². The first-order valence-corrected chi connectivity index (χ1v) is 15.7. The van der Waals surface area contributed by atoms with Gasteiger partial charge in [0.05, 0.1) is 36.7 Å². The number of carbonyl (C=O) groups excluding carboxylic acids is 1. The first-order valence-electron chi connectivity index (χ1n) is 13.9. The maximum atomic E-state index is 14.6. The Hall–Kier alpha value is -3.57. The summed E-state index contributed by atoms with van der Waals surface area (Å²) in [7, 11) is -2.88. The number of hydrogen-bond donors (Lipinski definition) is 0. The van der Waals surface area contributed by atoms with Gasteiger partial charge < -0.3 is 14.2 Å². The minimum Gasteiger partial charge on any atom is -0.486 e. The number of ether oxygens (including phenoxy) is 3. The van der Waals surface area contributed by atoms with Crippen LogP contribution in [0.15, 0.2) is 41.3 Å². The monoisotopic (exact) mass is 617 g/mol. The lowest BCUT2D eigenvalue weighted by Crippen LogP contribution is -2.44. The van der Waals surface area contributed by atoms with E-state index in [4.69, 9.17) is 25.8 Å². The predicted octanol–water partition coefficient (Wildman–Crippen LogP) is 5.88. The number of carbonyl (C=O) groups is 1. The molecule has 2 aliphatic heterocycles. The number of allylic oxidation sites excluding steroid dienone is 1. The minimum atomic E-state index is -4.19. The van der Waals surface area contributed by atoms with Crippen molar-refractivity contribution in [2.45, 2.75) is 63.5 Å². The highest BCUT2D eigenvalue weighted by Gasteiger charge is 2.40. The number of hydrogen-bond acceptors (Lipinski definition) is 7. The Kier molecular flexibility index (Phi) is 8.79. The van der Waals surface area contributed by atoms with E-state index in [1.54, 1.807) is 48.9 Å². The molecular weight excluding hydrogens is 585 g/mol. The van der Waals surface area contributed by atoms with E-state index in [1.807, 2.05) is 0 Å². The first-order chi connectivity index (χ1) is 20.1. The average molecular weight is 618 g/mol. The summed E-state index contributed by atoms with van der Waals surface area (Å²) in [6.45, 7) is 4.36. The summed E-state index contributed by atoms with van der Waals surface area (Å²) in [6, 6.07) is 9.63. The van der Waals surface area contributed by atoms with Gasteiger partial charge in [0.25, 0.3) is 15.9 Å². The van der Waals surface area contributed by atoms with E-state index in [9.17, 15) is 17.6 Å². The van der Waals surface area contributed by atoms with Crippen LogP contribution >= 0.6 is 11.6 Å². The van der Waals surface area contributed by atoms with Crippen LogP contribution in [0.2, 0.25) is 5.02 Å². The first kappa shape index (κ1) is 29.9. The van der Waals surface area contributed by atoms with Crippen LogP contribution in [0.5, 0.6) is 11.6 Å². The zero-order valence-electron chi connectivity index (χ0n) is 23.7. The van der Waals surface area contributed by atoms with Crippen molar-refractivity contribution in [1.29, 1.82) is 0 Å². The lowest BCUT2D eigenvalue weighted by molar-refractivity contribution is -0.141. The number of aromatic nitrogens is 2. The summed E-state index contributed by atoms with van der Waals surface area (Å²) in [4.78, 5) is 11.9. The number of methoxy groups -OCH3 is 1. The lowest BCUT2D eigenvalue weighted by Gasteiger charge is -2.35. The fourth-order valence-corrected chi connectivity index (χ4v) is 7.53. The van der Waals surface area contributed by atoms with Crippen molar-refractivity contribution in [2.24, 2.45) is 0 Å². The van der Waals surface area contributed by atoms with Crippen LogP contribution in [-0.2, 0) is 32.5 Å². The molecule has 3 aromatic rings. The molecule has 9 nitrogen and oxygen atoms in total. The van der Waals surface area contributed by atoms with Crippen molar-refractivity contribution in [3.63, 3.8) is 0 Å². The molecule has 2 aliphatic rings. The Morgan fingerprint density at radius 3 is 2.81 bits per heavy atom. The summed E-state index contributed by atoms with van der Waals surface area (Å²) in [5.41, 5.74) is 2.41. The molecule has 0 radical (unpaired) electrons. The van der Waals surface area contributed by atoms with Crippen LogP contribution < -0.4 is 13.8 Å². The van der Waals surface area contributed by atoms with Gasteiger partial charge in [-0.1, -0.05) is 29.8 Å². The van der Waals surface area contributed by atoms with Gasteiger partial charge in [0.15, 0.2) is 4.90 Å². The largest absolute Gasteiger partial charge is 0.486 e. The zero-order chi connectivity index (χ0) is 30.0. The Morgan fingerprint density at radius 2 is 2.07 bits per heavy atom. The van der Waals surface area contributed by atoms with Gasteiger partial charge in [0, 0.05) is 18.5 Å². The minimum absolute atomic E-state index is 0.0339. The van der Waals surface area contributed by atoms with Gasteiger partial charge in [-0.3, -0.25) is 13.8 Å². The molecule has 0 saturated heterocycles. The molecule has 0 N–H and O–H groups in total. The third-order valence-corrected chi connectivity index (χ3v) is 9.56. The number of aryl methyl sites for hydroxylation is 1. The standard InChI is InChI=1S/C30H33ClFN3O6S/c1-4-40-30-29(24-10-5-6-15-34(24)33-30)42(37,38)35-18-21(12-14-27(36)39-3)41-26-13-11-20(17-25(26)35)16-19(2)28-22(31)8-7-9-23(28)32/h7-9,11,13,16-17,21H,4-6,10,12,14-15,18H2,1-3H3/b19-16+/t21-/m0/s1. The van der Waals surface area contributed by atoms with Crippen molar-refractivity contribution in [3.05, 3.63) is 64.1 Å². The normalized spacial score (nSPS) is 16.8. The summed E-state index contributed by atoms with van der Waals surface area (Å²) in [5.74, 6) is -0.442. The van der Waals surface area contributed by atoms with Crippen LogP contribution in [0.4, 0.5) is 10.1 Å². The highest BCUT2D eigenvalue weighted by molar-refractivity contribution is 7.93. The quantitative estimate of drug-likeness (QED) is 0.218. The van der Waals surface area contributed by atoms with Crippen molar-refractivity contribution in [1.82, 2.24) is 9.78 Å². The number of fused-ring (bicyclic) bond motifs is 2. The second-order valence-corrected chi connectivity index (χ2v) is 12.4. The van der Waals surface area contributed by atoms with E-state index in [0.29, 0.717) is 41.2 Å². The van der Waals surface area contributed by atoms with Gasteiger partial charge in [-0.25, -0.2) is 12.8 Å². The number of esters is 1. The van der Waals surface area contributed by atoms with E-state index < -0.39 is 27.9 Å². The molecule has 3 heterocycles. The zero-order valence-corrected chi connectivity index (χ0v) is 25.3. The summed E-state index contributed by atoms with van der Waals surface area (Å²) < 4.78 is 63.4. The topological polar surface area (TPSA) is 100.0 Å². The number of rotatable bonds is 9. The molecule has 0 aliphatic carbocycles. The van der Waals surface area contributed by atoms with Gasteiger partial charge in [-0.05, 0) is 74.9 Å². The number of benzene rings is 2. The molecule has 42 heavy (non-hydrogen) atoms. The Labute approximate surface area is 249 Å². The second kappa shape index (κ2) is 12.3. The van der Waals surface area contributed by atoms with Gasteiger partial charge in [-0.2, -0.15) is 0 Å². The smallest absolute Gasteiger partial charge is 0.305 e. The molecule has 0 bridgehead atoms. The van der Waals surface area contributed by atoms with E-state index in [2.05, 4.69) is 5.10 Å². The van der Waals surface area contributed by atoms with Crippen molar-refractivity contribution in [3.8, 4) is 11.6 Å². The molecule has 0 unspecified atom stereocenters. The highest BCUT2D eigenvalue weighted by atomic mass is 35.5. The maximum Gasteiger partial charge on any atom is 0.305 e. The van der Waals surface area contributed by atoms with Crippen molar-refractivity contribution < 1.29 is 31.8 Å². The number of nitrogens with zero attached hydrogens (tertiary/aromatic N) is 3. The third kappa shape index (κ3) is 5.85. The Balaban J connectivity index is 1.60. The summed E-state index contributed by atoms with van der Waals surface area (Å²) >= 11 is 6.28. The van der Waals surface area contributed by atoms with Gasteiger partial charge >= 0.3 is 5.97 Å². The highest BCUT2D eigenvalue weighted by Crippen LogP contribution is 2.42. The van der Waals surface area contributed by atoms with Crippen LogP contribution in [0.25, 0.3) is 11.6 Å². The molecule has 12 heteroatoms. The van der Waals surface area contributed by atoms with Crippen LogP contribution in [0.3, 0.4) is 0 Å². The van der Waals surface area contributed by atoms with E-state index >= 15 is 0 Å². The summed E-state index contributed by atoms with van der Waals surface area (Å²) in [5, 5.41) is 4.77. The molecule has 5 rings (SSSR count). The van der Waals surface area contributed by atoms with E-state index in [1.165, 1.54) is 23.5 Å². The molecule has 0 fully saturated rings. The molecule has 0 amide bonds. The molecule has 1 atom stereocenters. The second-order valence-electron chi connectivity index (χ2n) is 10.2. The van der Waals surface area contributed by atoms with Gasteiger partial charge in [-0.15, -0.1) is 5.10 Å². The van der Waals surface area contributed by atoms with Gasteiger partial charge in [0.1, 0.15) is 17.7 Å². The Morgan fingerprint density at radius 1 is 1.26 bits per heavy atom. The molecule has 0 spiro atoms. The van der Waals surface area contributed by atoms with E-state index in [0.717, 1.165) is 12.8 Å². The fourth-order valence-electron chi connectivity index (χ4n) is 5.41. The van der Waals surface area contributed by atoms with Gasteiger partial charge in [0.2, 0.25) is 0 Å².